The van der Waals surface area contributed by atoms with Crippen LogP contribution >= 0.6 is 11.8 Å². The zero-order valence-electron chi connectivity index (χ0n) is 11.8. The summed E-state index contributed by atoms with van der Waals surface area (Å²) in [6, 6.07) is 14.5. The van der Waals surface area contributed by atoms with E-state index in [1.807, 2.05) is 6.07 Å². The number of halogens is 2. The van der Waals surface area contributed by atoms with E-state index in [2.05, 4.69) is 5.32 Å². The molecule has 0 saturated heterocycles. The number of rotatable bonds is 6. The number of alkyl halides is 2. The molecule has 0 aromatic heterocycles. The second-order valence-electron chi connectivity index (χ2n) is 4.38. The van der Waals surface area contributed by atoms with Gasteiger partial charge in [0.15, 0.2) is 6.61 Å². The Bertz CT molecular complexity index is 715. The average molecular weight is 334 g/mol. The molecule has 0 bridgehead atoms. The number of benzene rings is 2. The molecule has 118 valence electrons. The van der Waals surface area contributed by atoms with Crippen molar-refractivity contribution in [2.75, 3.05) is 11.9 Å². The number of amides is 1. The van der Waals surface area contributed by atoms with Crippen LogP contribution in [0.1, 0.15) is 5.56 Å². The minimum Gasteiger partial charge on any atom is -0.484 e. The number of thioether (sulfide) groups is 1. The van der Waals surface area contributed by atoms with Crippen molar-refractivity contribution < 1.29 is 18.3 Å². The summed E-state index contributed by atoms with van der Waals surface area (Å²) in [5.74, 6) is -2.45. The molecule has 0 saturated carbocycles. The molecule has 0 aliphatic carbocycles. The van der Waals surface area contributed by atoms with Gasteiger partial charge in [-0.3, -0.25) is 4.79 Å². The van der Waals surface area contributed by atoms with Gasteiger partial charge in [-0.15, -0.1) is 0 Å². The normalized spacial score (nSPS) is 10.2. The van der Waals surface area contributed by atoms with Crippen molar-refractivity contribution >= 4 is 23.4 Å². The number of carbonyl (C=O) groups is 1. The van der Waals surface area contributed by atoms with E-state index in [-0.39, 0.29) is 12.5 Å². The van der Waals surface area contributed by atoms with Gasteiger partial charge in [0.25, 0.3) is 11.7 Å². The molecule has 2 aromatic rings. The lowest BCUT2D eigenvalue weighted by atomic mass is 10.2. The van der Waals surface area contributed by atoms with Crippen LogP contribution in [0, 0.1) is 11.3 Å². The predicted molar refractivity (Wildman–Crippen MR) is 83.6 cm³/mol. The summed E-state index contributed by atoms with van der Waals surface area (Å²) in [5, 5.41) is 11.4. The number of nitrogens with zero attached hydrogens (tertiary/aromatic N) is 1. The molecule has 1 amide bonds. The summed E-state index contributed by atoms with van der Waals surface area (Å²) in [4.78, 5) is 12.2. The van der Waals surface area contributed by atoms with E-state index in [0.29, 0.717) is 33.7 Å². The quantitative estimate of drug-likeness (QED) is 0.814. The lowest BCUT2D eigenvalue weighted by Crippen LogP contribution is -2.20. The zero-order chi connectivity index (χ0) is 16.7. The SMILES string of the molecule is N#Cc1cccc(OCC(=O)Nc2ccc(SC(F)F)cc2)c1. The van der Waals surface area contributed by atoms with Gasteiger partial charge < -0.3 is 10.1 Å². The van der Waals surface area contributed by atoms with Crippen LogP contribution in [-0.4, -0.2) is 18.3 Å². The highest BCUT2D eigenvalue weighted by molar-refractivity contribution is 7.99. The van der Waals surface area contributed by atoms with Crippen molar-refractivity contribution in [3.05, 3.63) is 54.1 Å². The number of nitriles is 1. The Labute approximate surface area is 136 Å². The van der Waals surface area contributed by atoms with Crippen LogP contribution in [0.25, 0.3) is 0 Å². The fourth-order valence-corrected chi connectivity index (χ4v) is 2.22. The molecule has 2 aromatic carbocycles. The van der Waals surface area contributed by atoms with Gasteiger partial charge in [0.1, 0.15) is 5.75 Å². The molecule has 0 spiro atoms. The van der Waals surface area contributed by atoms with Crippen LogP contribution in [0.4, 0.5) is 14.5 Å². The number of hydrogen-bond acceptors (Lipinski definition) is 4. The van der Waals surface area contributed by atoms with E-state index in [1.165, 1.54) is 18.2 Å². The lowest BCUT2D eigenvalue weighted by molar-refractivity contribution is -0.118. The number of nitrogens with one attached hydrogen (secondary N) is 1. The van der Waals surface area contributed by atoms with Crippen molar-refractivity contribution in [3.8, 4) is 11.8 Å². The van der Waals surface area contributed by atoms with E-state index in [1.54, 1.807) is 30.3 Å². The van der Waals surface area contributed by atoms with Gasteiger partial charge in [0.05, 0.1) is 11.6 Å². The third-order valence-electron chi connectivity index (χ3n) is 2.70. The van der Waals surface area contributed by atoms with Crippen molar-refractivity contribution in [2.24, 2.45) is 0 Å². The molecule has 2 rings (SSSR count). The third-order valence-corrected chi connectivity index (χ3v) is 3.42. The zero-order valence-corrected chi connectivity index (χ0v) is 12.6. The third kappa shape index (κ3) is 5.60. The van der Waals surface area contributed by atoms with Crippen molar-refractivity contribution in [2.45, 2.75) is 10.7 Å². The first-order valence-corrected chi connectivity index (χ1v) is 7.42. The van der Waals surface area contributed by atoms with Crippen molar-refractivity contribution in [1.82, 2.24) is 0 Å². The molecule has 0 atom stereocenters. The largest absolute Gasteiger partial charge is 0.484 e. The molecule has 0 fully saturated rings. The minimum atomic E-state index is -2.48. The Morgan fingerprint density at radius 3 is 2.65 bits per heavy atom. The van der Waals surface area contributed by atoms with E-state index >= 15 is 0 Å². The first-order valence-electron chi connectivity index (χ1n) is 6.54. The molecule has 0 radical (unpaired) electrons. The Kier molecular flexibility index (Phi) is 5.94. The maximum Gasteiger partial charge on any atom is 0.288 e. The molecule has 0 unspecified atom stereocenters. The first kappa shape index (κ1) is 16.8. The Morgan fingerprint density at radius 1 is 1.26 bits per heavy atom. The summed E-state index contributed by atoms with van der Waals surface area (Å²) in [5.41, 5.74) is 0.929. The molecule has 0 heterocycles. The molecular weight excluding hydrogens is 322 g/mol. The predicted octanol–water partition coefficient (Wildman–Crippen LogP) is 3.89. The van der Waals surface area contributed by atoms with Crippen LogP contribution in [0.5, 0.6) is 5.75 Å². The van der Waals surface area contributed by atoms with E-state index < -0.39 is 5.76 Å². The molecular formula is C16H12F2N2O2S. The number of anilines is 1. The van der Waals surface area contributed by atoms with Crippen molar-refractivity contribution in [3.63, 3.8) is 0 Å². The van der Waals surface area contributed by atoms with E-state index in [4.69, 9.17) is 10.00 Å². The van der Waals surface area contributed by atoms with Crippen molar-refractivity contribution in [1.29, 1.82) is 5.26 Å². The molecule has 0 aliphatic heterocycles. The Morgan fingerprint density at radius 2 is 2.00 bits per heavy atom. The van der Waals surface area contributed by atoms with Gasteiger partial charge in [-0.05, 0) is 42.5 Å². The highest BCUT2D eigenvalue weighted by atomic mass is 32.2. The van der Waals surface area contributed by atoms with Crippen LogP contribution in [0.2, 0.25) is 0 Å². The molecule has 0 aliphatic rings. The maximum absolute atomic E-state index is 12.2. The van der Waals surface area contributed by atoms with E-state index in [9.17, 15) is 13.6 Å². The molecule has 1 N–H and O–H groups in total. The Balaban J connectivity index is 1.86. The summed E-state index contributed by atoms with van der Waals surface area (Å²) in [7, 11) is 0. The average Bonchev–Trinajstić information content (AvgIpc) is 2.54. The van der Waals surface area contributed by atoms with Gasteiger partial charge in [-0.25, -0.2) is 0 Å². The van der Waals surface area contributed by atoms with Crippen LogP contribution < -0.4 is 10.1 Å². The second kappa shape index (κ2) is 8.15. The number of carbonyl (C=O) groups excluding carboxylic acids is 1. The standard InChI is InChI=1S/C16H12F2N2O2S/c17-16(18)23-14-6-4-12(5-7-14)20-15(21)10-22-13-3-1-2-11(8-13)9-19/h1-8,16H,10H2,(H,20,21). The first-order chi connectivity index (χ1) is 11.1. The summed E-state index contributed by atoms with van der Waals surface area (Å²) >= 11 is 0.440. The highest BCUT2D eigenvalue weighted by Gasteiger charge is 2.07. The Hall–Kier alpha value is -2.59. The summed E-state index contributed by atoms with van der Waals surface area (Å²) in [6.07, 6.45) is 0. The minimum absolute atomic E-state index is 0.220. The fourth-order valence-electron chi connectivity index (χ4n) is 1.72. The fraction of sp³-hybridized carbons (Fsp3) is 0.125. The van der Waals surface area contributed by atoms with Gasteiger partial charge in [-0.2, -0.15) is 14.0 Å². The van der Waals surface area contributed by atoms with Crippen LogP contribution in [-0.2, 0) is 4.79 Å². The second-order valence-corrected chi connectivity index (χ2v) is 5.44. The highest BCUT2D eigenvalue weighted by Crippen LogP contribution is 2.26. The molecule has 7 heteroatoms. The molecule has 23 heavy (non-hydrogen) atoms. The monoisotopic (exact) mass is 334 g/mol. The lowest BCUT2D eigenvalue weighted by Gasteiger charge is -2.08. The number of ether oxygens (including phenoxy) is 1. The van der Waals surface area contributed by atoms with Crippen LogP contribution in [0.3, 0.4) is 0 Å². The number of hydrogen-bond donors (Lipinski definition) is 1. The van der Waals surface area contributed by atoms with Gasteiger partial charge >= 0.3 is 0 Å². The van der Waals surface area contributed by atoms with Gasteiger partial charge in [0.2, 0.25) is 0 Å². The van der Waals surface area contributed by atoms with Gasteiger partial charge in [-0.1, -0.05) is 17.8 Å². The molecule has 4 nitrogen and oxygen atoms in total. The topological polar surface area (TPSA) is 62.1 Å². The van der Waals surface area contributed by atoms with Crippen LogP contribution in [0.15, 0.2) is 53.4 Å². The van der Waals surface area contributed by atoms with E-state index in [0.717, 1.165) is 0 Å². The maximum atomic E-state index is 12.2. The summed E-state index contributed by atoms with van der Waals surface area (Å²) < 4.78 is 29.7. The summed E-state index contributed by atoms with van der Waals surface area (Å²) in [6.45, 7) is -0.220. The smallest absolute Gasteiger partial charge is 0.288 e. The van der Waals surface area contributed by atoms with Gasteiger partial charge in [0, 0.05) is 10.6 Å².